The number of halogens is 3. The number of sulfonamides is 1. The van der Waals surface area contributed by atoms with Gasteiger partial charge in [-0.05, 0) is 48.4 Å². The molecule has 2 aromatic rings. The minimum atomic E-state index is -3.88. The van der Waals surface area contributed by atoms with Crippen molar-refractivity contribution < 1.29 is 22.4 Å². The Labute approximate surface area is 197 Å². The average molecular weight is 504 g/mol. The number of nitrogens with zero attached hydrogens (tertiary/aromatic N) is 2. The minimum Gasteiger partial charge on any atom is -0.357 e. The summed E-state index contributed by atoms with van der Waals surface area (Å²) in [5.74, 6) is -1.57. The van der Waals surface area contributed by atoms with Crippen molar-refractivity contribution in [3.63, 3.8) is 0 Å². The quantitative estimate of drug-likeness (QED) is 0.567. The number of likely N-dealkylation sites (N-methyl/N-ethyl adjacent to an activating group) is 1. The van der Waals surface area contributed by atoms with Crippen LogP contribution in [0, 0.1) is 5.82 Å². The van der Waals surface area contributed by atoms with Crippen LogP contribution in [0.25, 0.3) is 0 Å². The number of nitrogens with one attached hydrogen (secondary N) is 1. The van der Waals surface area contributed by atoms with E-state index in [2.05, 4.69) is 5.32 Å². The molecule has 0 bridgehead atoms. The van der Waals surface area contributed by atoms with Crippen LogP contribution in [0.2, 0.25) is 10.0 Å². The molecule has 0 heterocycles. The van der Waals surface area contributed by atoms with Crippen molar-refractivity contribution in [1.29, 1.82) is 0 Å². The van der Waals surface area contributed by atoms with Gasteiger partial charge in [0.25, 0.3) is 0 Å². The molecule has 0 aliphatic rings. The fourth-order valence-electron chi connectivity index (χ4n) is 3.14. The summed E-state index contributed by atoms with van der Waals surface area (Å²) in [6.45, 7) is 1.11. The third-order valence-electron chi connectivity index (χ3n) is 4.78. The zero-order chi connectivity index (χ0) is 24.1. The first kappa shape index (κ1) is 25.9. The van der Waals surface area contributed by atoms with Gasteiger partial charge in [-0.15, -0.1) is 0 Å². The maximum absolute atomic E-state index is 13.3. The van der Waals surface area contributed by atoms with Crippen LogP contribution in [0.1, 0.15) is 18.9 Å². The molecule has 0 unspecified atom stereocenters. The van der Waals surface area contributed by atoms with Crippen molar-refractivity contribution in [2.75, 3.05) is 24.2 Å². The number of hydrogen-bond donors (Lipinski definition) is 1. The Hall–Kier alpha value is -2.36. The summed E-state index contributed by atoms with van der Waals surface area (Å²) < 4.78 is 39.0. The van der Waals surface area contributed by atoms with Gasteiger partial charge in [-0.2, -0.15) is 0 Å². The molecule has 0 saturated heterocycles. The number of benzene rings is 2. The van der Waals surface area contributed by atoms with Gasteiger partial charge in [0.2, 0.25) is 21.8 Å². The van der Waals surface area contributed by atoms with Gasteiger partial charge in [0.15, 0.2) is 0 Å². The molecule has 32 heavy (non-hydrogen) atoms. The normalized spacial score (nSPS) is 12.2. The van der Waals surface area contributed by atoms with Gasteiger partial charge in [-0.25, -0.2) is 12.8 Å². The predicted octanol–water partition coefficient (Wildman–Crippen LogP) is 3.45. The molecule has 0 aliphatic carbocycles. The summed E-state index contributed by atoms with van der Waals surface area (Å²) >= 11 is 12.2. The van der Waals surface area contributed by atoms with E-state index < -0.39 is 40.2 Å². The largest absolute Gasteiger partial charge is 0.357 e. The highest BCUT2D eigenvalue weighted by atomic mass is 35.5. The van der Waals surface area contributed by atoms with E-state index >= 15 is 0 Å². The van der Waals surface area contributed by atoms with E-state index in [-0.39, 0.29) is 18.7 Å². The van der Waals surface area contributed by atoms with Crippen LogP contribution >= 0.6 is 23.2 Å². The first-order valence-electron chi connectivity index (χ1n) is 9.66. The predicted molar refractivity (Wildman–Crippen MR) is 124 cm³/mol. The lowest BCUT2D eigenvalue weighted by atomic mass is 10.1. The summed E-state index contributed by atoms with van der Waals surface area (Å²) in [5, 5.41) is 3.24. The molecule has 2 rings (SSSR count). The van der Waals surface area contributed by atoms with Crippen LogP contribution in [0.3, 0.4) is 0 Å². The Kier molecular flexibility index (Phi) is 8.89. The maximum atomic E-state index is 13.3. The van der Waals surface area contributed by atoms with E-state index in [1.165, 1.54) is 30.1 Å². The van der Waals surface area contributed by atoms with Crippen LogP contribution in [0.4, 0.5) is 10.1 Å². The van der Waals surface area contributed by atoms with Crippen molar-refractivity contribution in [2.45, 2.75) is 25.9 Å². The van der Waals surface area contributed by atoms with Crippen LogP contribution in [0.5, 0.6) is 0 Å². The van der Waals surface area contributed by atoms with Crippen molar-refractivity contribution >= 4 is 50.7 Å². The third-order valence-corrected chi connectivity index (χ3v) is 6.51. The van der Waals surface area contributed by atoms with Gasteiger partial charge in [-0.1, -0.05) is 36.2 Å². The molecule has 2 aromatic carbocycles. The van der Waals surface area contributed by atoms with Gasteiger partial charge in [0.1, 0.15) is 18.4 Å². The monoisotopic (exact) mass is 503 g/mol. The molecule has 1 N–H and O–H groups in total. The van der Waals surface area contributed by atoms with Crippen LogP contribution < -0.4 is 9.62 Å². The lowest BCUT2D eigenvalue weighted by Gasteiger charge is -2.32. The average Bonchev–Trinajstić information content (AvgIpc) is 2.73. The molecule has 7 nitrogen and oxygen atoms in total. The van der Waals surface area contributed by atoms with Crippen molar-refractivity contribution in [2.24, 2.45) is 0 Å². The van der Waals surface area contributed by atoms with E-state index in [1.807, 2.05) is 0 Å². The molecule has 0 fully saturated rings. The molecular formula is C21H24Cl2FN3O4S. The second-order valence-electron chi connectivity index (χ2n) is 7.04. The molecule has 0 aromatic heterocycles. The summed E-state index contributed by atoms with van der Waals surface area (Å²) in [7, 11) is -2.44. The Bertz CT molecular complexity index is 1080. The number of carbonyl (C=O) groups excluding carboxylic acids is 2. The number of anilines is 1. The standard InChI is InChI=1S/C21H24Cl2FN3O4S/c1-4-19(21(29)25-2)26(12-14-5-6-15(22)11-18(14)23)20(28)13-27(32(3,30)31)17-9-7-16(24)8-10-17/h5-11,19H,4,12-13H2,1-3H3,(H,25,29)/t19-/m1/s1. The highest BCUT2D eigenvalue weighted by Gasteiger charge is 2.31. The topological polar surface area (TPSA) is 86.8 Å². The second-order valence-corrected chi connectivity index (χ2v) is 9.79. The van der Waals surface area contributed by atoms with Crippen LogP contribution in [0.15, 0.2) is 42.5 Å². The van der Waals surface area contributed by atoms with Gasteiger partial charge in [0.05, 0.1) is 11.9 Å². The number of rotatable bonds is 9. The van der Waals surface area contributed by atoms with E-state index in [9.17, 15) is 22.4 Å². The molecule has 2 amide bonds. The molecule has 1 atom stereocenters. The summed E-state index contributed by atoms with van der Waals surface area (Å²) in [6, 6.07) is 8.62. The zero-order valence-corrected chi connectivity index (χ0v) is 20.1. The highest BCUT2D eigenvalue weighted by molar-refractivity contribution is 7.92. The van der Waals surface area contributed by atoms with Crippen molar-refractivity contribution in [3.05, 3.63) is 63.9 Å². The van der Waals surface area contributed by atoms with Gasteiger partial charge >= 0.3 is 0 Å². The molecular weight excluding hydrogens is 480 g/mol. The van der Waals surface area contributed by atoms with Crippen LogP contribution in [-0.4, -0.2) is 51.0 Å². The van der Waals surface area contributed by atoms with Gasteiger partial charge < -0.3 is 10.2 Å². The number of amides is 2. The summed E-state index contributed by atoms with van der Waals surface area (Å²) in [4.78, 5) is 27.1. The molecule has 0 radical (unpaired) electrons. The summed E-state index contributed by atoms with van der Waals surface area (Å²) in [5.41, 5.74) is 0.666. The van der Waals surface area contributed by atoms with Crippen molar-refractivity contribution in [3.8, 4) is 0 Å². The SMILES string of the molecule is CC[C@H](C(=O)NC)N(Cc1ccc(Cl)cc1Cl)C(=O)CN(c1ccc(F)cc1)S(C)(=O)=O. The Balaban J connectivity index is 2.44. The summed E-state index contributed by atoms with van der Waals surface area (Å²) in [6.07, 6.45) is 1.23. The molecule has 0 aliphatic heterocycles. The lowest BCUT2D eigenvalue weighted by Crippen LogP contribution is -2.51. The molecule has 174 valence electrons. The molecule has 11 heteroatoms. The first-order valence-corrected chi connectivity index (χ1v) is 12.3. The molecule has 0 spiro atoms. The number of hydrogen-bond acceptors (Lipinski definition) is 4. The Morgan fingerprint density at radius 3 is 2.25 bits per heavy atom. The van der Waals surface area contributed by atoms with Crippen molar-refractivity contribution in [1.82, 2.24) is 10.2 Å². The smallest absolute Gasteiger partial charge is 0.244 e. The van der Waals surface area contributed by atoms with Gasteiger partial charge in [0, 0.05) is 23.6 Å². The first-order chi connectivity index (χ1) is 15.0. The highest BCUT2D eigenvalue weighted by Crippen LogP contribution is 2.25. The molecule has 0 saturated carbocycles. The Morgan fingerprint density at radius 1 is 1.12 bits per heavy atom. The van der Waals surface area contributed by atoms with E-state index in [0.717, 1.165) is 22.7 Å². The van der Waals surface area contributed by atoms with E-state index in [1.54, 1.807) is 19.1 Å². The zero-order valence-electron chi connectivity index (χ0n) is 17.8. The fourth-order valence-corrected chi connectivity index (χ4v) is 4.46. The third kappa shape index (κ3) is 6.57. The number of carbonyl (C=O) groups is 2. The van der Waals surface area contributed by atoms with E-state index in [4.69, 9.17) is 23.2 Å². The maximum Gasteiger partial charge on any atom is 0.244 e. The van der Waals surface area contributed by atoms with Gasteiger partial charge in [-0.3, -0.25) is 13.9 Å². The second kappa shape index (κ2) is 11.0. The fraction of sp³-hybridized carbons (Fsp3) is 0.333. The lowest BCUT2D eigenvalue weighted by molar-refractivity contribution is -0.140. The van der Waals surface area contributed by atoms with E-state index in [0.29, 0.717) is 15.6 Å². The van der Waals surface area contributed by atoms with Crippen LogP contribution in [-0.2, 0) is 26.2 Å². The minimum absolute atomic E-state index is 0.0399. The Morgan fingerprint density at radius 2 is 1.75 bits per heavy atom.